The topological polar surface area (TPSA) is 72.2 Å². The van der Waals surface area contributed by atoms with Crippen molar-refractivity contribution >= 4 is 38.9 Å². The summed E-state index contributed by atoms with van der Waals surface area (Å²) in [6.45, 7) is 5.42. The maximum Gasteiger partial charge on any atom is 0.323 e. The standard InChI is InChI=1S/C16H16N2O3S2/c1-8(2)14-17-15-13(16(21)18(14)7-11(19)20)12(9(3)23-15)10-5-4-6-22-10/h4-6,8H,7H2,1-3H3,(H,19,20). The summed E-state index contributed by atoms with van der Waals surface area (Å²) in [4.78, 5) is 31.5. The van der Waals surface area contributed by atoms with Crippen molar-refractivity contribution < 1.29 is 9.90 Å². The Morgan fingerprint density at radius 3 is 2.74 bits per heavy atom. The molecular formula is C16H16N2O3S2. The molecule has 0 saturated heterocycles. The van der Waals surface area contributed by atoms with E-state index in [1.54, 1.807) is 11.3 Å². The van der Waals surface area contributed by atoms with Gasteiger partial charge in [0, 0.05) is 21.2 Å². The second-order valence-electron chi connectivity index (χ2n) is 5.60. The van der Waals surface area contributed by atoms with E-state index in [0.717, 1.165) is 15.3 Å². The van der Waals surface area contributed by atoms with Gasteiger partial charge in [-0.1, -0.05) is 19.9 Å². The van der Waals surface area contributed by atoms with Crippen LogP contribution in [0.15, 0.2) is 22.3 Å². The first-order valence-electron chi connectivity index (χ1n) is 7.19. The number of nitrogens with zero attached hydrogens (tertiary/aromatic N) is 2. The summed E-state index contributed by atoms with van der Waals surface area (Å²) >= 11 is 3.05. The summed E-state index contributed by atoms with van der Waals surface area (Å²) < 4.78 is 1.29. The number of rotatable bonds is 4. The van der Waals surface area contributed by atoms with Crippen LogP contribution in [-0.2, 0) is 11.3 Å². The monoisotopic (exact) mass is 348 g/mol. The van der Waals surface area contributed by atoms with Crippen LogP contribution in [0, 0.1) is 6.92 Å². The Kier molecular flexibility index (Phi) is 4.08. The van der Waals surface area contributed by atoms with E-state index >= 15 is 0 Å². The molecule has 7 heteroatoms. The van der Waals surface area contributed by atoms with Crippen molar-refractivity contribution in [2.75, 3.05) is 0 Å². The maximum atomic E-state index is 13.0. The van der Waals surface area contributed by atoms with Crippen LogP contribution in [0.3, 0.4) is 0 Å². The molecule has 3 rings (SSSR count). The highest BCUT2D eigenvalue weighted by atomic mass is 32.1. The van der Waals surface area contributed by atoms with Gasteiger partial charge in [0.05, 0.1) is 5.39 Å². The van der Waals surface area contributed by atoms with E-state index in [0.29, 0.717) is 16.0 Å². The Labute approximate surface area is 140 Å². The average molecular weight is 348 g/mol. The molecule has 23 heavy (non-hydrogen) atoms. The number of carboxylic acids is 1. The summed E-state index contributed by atoms with van der Waals surface area (Å²) in [5.41, 5.74) is 0.612. The fourth-order valence-electron chi connectivity index (χ4n) is 2.66. The zero-order valence-corrected chi connectivity index (χ0v) is 14.6. The largest absolute Gasteiger partial charge is 0.480 e. The summed E-state index contributed by atoms with van der Waals surface area (Å²) in [5.74, 6) is -0.553. The van der Waals surface area contributed by atoms with Gasteiger partial charge in [-0.05, 0) is 18.4 Å². The number of carbonyl (C=O) groups is 1. The molecular weight excluding hydrogens is 332 g/mol. The van der Waals surface area contributed by atoms with Crippen LogP contribution in [0.25, 0.3) is 20.7 Å². The third kappa shape index (κ3) is 2.70. The first-order chi connectivity index (χ1) is 10.9. The van der Waals surface area contributed by atoms with Crippen LogP contribution in [-0.4, -0.2) is 20.6 Å². The minimum atomic E-state index is -1.04. The van der Waals surface area contributed by atoms with Gasteiger partial charge >= 0.3 is 5.97 Å². The molecule has 0 atom stereocenters. The van der Waals surface area contributed by atoms with Gasteiger partial charge in [0.15, 0.2) is 0 Å². The molecule has 0 radical (unpaired) electrons. The second-order valence-corrected chi connectivity index (χ2v) is 7.75. The van der Waals surface area contributed by atoms with E-state index in [1.807, 2.05) is 38.3 Å². The van der Waals surface area contributed by atoms with Gasteiger partial charge < -0.3 is 5.11 Å². The average Bonchev–Trinajstić information content (AvgIpc) is 3.07. The van der Waals surface area contributed by atoms with Gasteiger partial charge in [-0.2, -0.15) is 0 Å². The molecule has 0 aliphatic carbocycles. The van der Waals surface area contributed by atoms with Crippen molar-refractivity contribution in [2.24, 2.45) is 0 Å². The lowest BCUT2D eigenvalue weighted by atomic mass is 10.1. The van der Waals surface area contributed by atoms with Crippen molar-refractivity contribution in [3.8, 4) is 10.4 Å². The van der Waals surface area contributed by atoms with E-state index < -0.39 is 5.97 Å². The number of hydrogen-bond donors (Lipinski definition) is 1. The molecule has 3 aromatic rings. The lowest BCUT2D eigenvalue weighted by Gasteiger charge is -2.13. The van der Waals surface area contributed by atoms with Crippen LogP contribution in [0.5, 0.6) is 0 Å². The lowest BCUT2D eigenvalue weighted by molar-refractivity contribution is -0.137. The van der Waals surface area contributed by atoms with Crippen molar-refractivity contribution in [3.63, 3.8) is 0 Å². The van der Waals surface area contributed by atoms with Gasteiger partial charge in [0.1, 0.15) is 17.2 Å². The highest BCUT2D eigenvalue weighted by molar-refractivity contribution is 7.20. The second kappa shape index (κ2) is 5.90. The molecule has 0 amide bonds. The summed E-state index contributed by atoms with van der Waals surface area (Å²) in [7, 11) is 0. The van der Waals surface area contributed by atoms with Gasteiger partial charge in [0.2, 0.25) is 0 Å². The van der Waals surface area contributed by atoms with Crippen molar-refractivity contribution in [1.29, 1.82) is 0 Å². The fraction of sp³-hybridized carbons (Fsp3) is 0.312. The highest BCUT2D eigenvalue weighted by Crippen LogP contribution is 2.38. The normalized spacial score (nSPS) is 11.5. The van der Waals surface area contributed by atoms with Crippen molar-refractivity contribution in [2.45, 2.75) is 33.2 Å². The number of aryl methyl sites for hydroxylation is 1. The molecule has 0 unspecified atom stereocenters. The first-order valence-corrected chi connectivity index (χ1v) is 8.89. The lowest BCUT2D eigenvalue weighted by Crippen LogP contribution is -2.29. The number of aromatic nitrogens is 2. The minimum Gasteiger partial charge on any atom is -0.480 e. The number of carboxylic acid groups (broad SMARTS) is 1. The molecule has 120 valence electrons. The summed E-state index contributed by atoms with van der Waals surface area (Å²) in [6.07, 6.45) is 0. The quantitative estimate of drug-likeness (QED) is 0.780. The Morgan fingerprint density at radius 2 is 2.17 bits per heavy atom. The van der Waals surface area contributed by atoms with E-state index in [-0.39, 0.29) is 18.0 Å². The van der Waals surface area contributed by atoms with E-state index in [9.17, 15) is 9.59 Å². The molecule has 3 heterocycles. The fourth-order valence-corrected chi connectivity index (χ4v) is 4.59. The van der Waals surface area contributed by atoms with Gasteiger partial charge in [-0.15, -0.1) is 22.7 Å². The molecule has 0 aromatic carbocycles. The summed E-state index contributed by atoms with van der Waals surface area (Å²) in [5, 5.41) is 11.6. The van der Waals surface area contributed by atoms with E-state index in [4.69, 9.17) is 5.11 Å². The van der Waals surface area contributed by atoms with Crippen LogP contribution in [0.4, 0.5) is 0 Å². The predicted octanol–water partition coefficient (Wildman–Crippen LogP) is 3.70. The minimum absolute atomic E-state index is 0.0287. The molecule has 1 N–H and O–H groups in total. The number of aliphatic carboxylic acids is 1. The third-order valence-corrected chi connectivity index (χ3v) is 5.48. The number of hydrogen-bond acceptors (Lipinski definition) is 5. The Bertz CT molecular complexity index is 937. The van der Waals surface area contributed by atoms with Gasteiger partial charge in [0.25, 0.3) is 5.56 Å². The van der Waals surface area contributed by atoms with Crippen molar-refractivity contribution in [3.05, 3.63) is 38.6 Å². The Morgan fingerprint density at radius 1 is 1.43 bits per heavy atom. The predicted molar refractivity (Wildman–Crippen MR) is 93.7 cm³/mol. The van der Waals surface area contributed by atoms with Crippen LogP contribution < -0.4 is 5.56 Å². The third-order valence-electron chi connectivity index (χ3n) is 3.59. The number of thiophene rings is 2. The molecule has 0 bridgehead atoms. The highest BCUT2D eigenvalue weighted by Gasteiger charge is 2.22. The van der Waals surface area contributed by atoms with Crippen LogP contribution in [0.1, 0.15) is 30.5 Å². The molecule has 0 fully saturated rings. The Hall–Kier alpha value is -1.99. The molecule has 0 aliphatic rings. The summed E-state index contributed by atoms with van der Waals surface area (Å²) in [6, 6.07) is 3.91. The smallest absolute Gasteiger partial charge is 0.323 e. The Balaban J connectivity index is 2.40. The van der Waals surface area contributed by atoms with Gasteiger partial charge in [-0.25, -0.2) is 4.98 Å². The molecule has 0 aliphatic heterocycles. The zero-order valence-electron chi connectivity index (χ0n) is 13.0. The SMILES string of the molecule is Cc1sc2nc(C(C)C)n(CC(=O)O)c(=O)c2c1-c1cccs1. The maximum absolute atomic E-state index is 13.0. The molecule has 5 nitrogen and oxygen atoms in total. The van der Waals surface area contributed by atoms with Crippen LogP contribution >= 0.6 is 22.7 Å². The number of fused-ring (bicyclic) bond motifs is 1. The van der Waals surface area contributed by atoms with Crippen LogP contribution in [0.2, 0.25) is 0 Å². The van der Waals surface area contributed by atoms with E-state index in [2.05, 4.69) is 4.98 Å². The van der Waals surface area contributed by atoms with E-state index in [1.165, 1.54) is 15.9 Å². The van der Waals surface area contributed by atoms with Gasteiger partial charge in [-0.3, -0.25) is 14.2 Å². The van der Waals surface area contributed by atoms with Crippen molar-refractivity contribution in [1.82, 2.24) is 9.55 Å². The molecule has 3 aromatic heterocycles. The molecule has 0 saturated carbocycles. The zero-order chi connectivity index (χ0) is 16.7. The first kappa shape index (κ1) is 15.9. The molecule has 0 spiro atoms.